The average Bonchev–Trinajstić information content (AvgIpc) is 2.94. The van der Waals surface area contributed by atoms with Gasteiger partial charge in [-0.3, -0.25) is 0 Å². The second-order valence-electron chi connectivity index (χ2n) is 9.49. The Morgan fingerprint density at radius 1 is 0.923 bits per heavy atom. The van der Waals surface area contributed by atoms with E-state index in [0.29, 0.717) is 22.5 Å². The summed E-state index contributed by atoms with van der Waals surface area (Å²) in [4.78, 5) is 0. The number of phenolic OH excluding ortho intramolecular Hbond substituents is 1. The Labute approximate surface area is 157 Å². The third kappa shape index (κ3) is 2.09. The van der Waals surface area contributed by atoms with Crippen molar-refractivity contribution in [3.63, 3.8) is 0 Å². The maximum Gasteiger partial charge on any atom is 0.115 e. The van der Waals surface area contributed by atoms with Crippen LogP contribution in [0.1, 0.15) is 68.6 Å². The third-order valence-electron chi connectivity index (χ3n) is 8.73. The van der Waals surface area contributed by atoms with Gasteiger partial charge in [-0.25, -0.2) is 0 Å². The van der Waals surface area contributed by atoms with Crippen LogP contribution >= 0.6 is 0 Å². The van der Waals surface area contributed by atoms with Crippen LogP contribution in [-0.4, -0.2) is 5.11 Å². The van der Waals surface area contributed by atoms with Gasteiger partial charge in [-0.1, -0.05) is 50.2 Å². The number of rotatable bonds is 1. The van der Waals surface area contributed by atoms with Gasteiger partial charge >= 0.3 is 0 Å². The summed E-state index contributed by atoms with van der Waals surface area (Å²) in [6.07, 6.45) is 7.76. The zero-order chi connectivity index (χ0) is 17.9. The molecule has 0 unspecified atom stereocenters. The minimum absolute atomic E-state index is 0.305. The molecule has 1 heteroatoms. The Bertz CT molecular complexity index is 825. The maximum atomic E-state index is 9.87. The molecular formula is C25H30O. The van der Waals surface area contributed by atoms with E-state index in [0.717, 1.165) is 18.3 Å². The lowest BCUT2D eigenvalue weighted by Gasteiger charge is -2.54. The summed E-state index contributed by atoms with van der Waals surface area (Å²) in [5.74, 6) is 2.78. The van der Waals surface area contributed by atoms with Crippen LogP contribution in [-0.2, 0) is 11.8 Å². The Balaban J connectivity index is 1.52. The monoisotopic (exact) mass is 346 g/mol. The van der Waals surface area contributed by atoms with Crippen molar-refractivity contribution in [3.05, 3.63) is 65.2 Å². The predicted octanol–water partition coefficient (Wildman–Crippen LogP) is 6.21. The first kappa shape index (κ1) is 16.4. The number of aryl methyl sites for hydroxylation is 1. The van der Waals surface area contributed by atoms with Crippen molar-refractivity contribution in [2.24, 2.45) is 17.3 Å². The lowest BCUT2D eigenvalue weighted by Crippen LogP contribution is -2.47. The number of hydrogen-bond donors (Lipinski definition) is 1. The highest BCUT2D eigenvalue weighted by Gasteiger charge is 2.60. The fourth-order valence-electron chi connectivity index (χ4n) is 7.12. The Hall–Kier alpha value is -1.76. The van der Waals surface area contributed by atoms with Crippen LogP contribution in [0.4, 0.5) is 0 Å². The van der Waals surface area contributed by atoms with E-state index < -0.39 is 0 Å². The summed E-state index contributed by atoms with van der Waals surface area (Å²) in [5.41, 5.74) is 5.20. The lowest BCUT2D eigenvalue weighted by atomic mass is 9.50. The largest absolute Gasteiger partial charge is 0.508 e. The predicted molar refractivity (Wildman–Crippen MR) is 107 cm³/mol. The number of aromatic hydroxyl groups is 1. The second kappa shape index (κ2) is 5.62. The Kier molecular flexibility index (Phi) is 3.55. The van der Waals surface area contributed by atoms with E-state index >= 15 is 0 Å². The van der Waals surface area contributed by atoms with Crippen LogP contribution in [0.15, 0.2) is 48.5 Å². The van der Waals surface area contributed by atoms with Crippen LogP contribution in [0, 0.1) is 17.3 Å². The minimum atomic E-state index is 0.305. The molecule has 0 aliphatic heterocycles. The molecule has 1 N–H and O–H groups in total. The molecule has 2 saturated carbocycles. The van der Waals surface area contributed by atoms with E-state index in [9.17, 15) is 5.11 Å². The molecule has 0 saturated heterocycles. The summed E-state index contributed by atoms with van der Waals surface area (Å²) < 4.78 is 0. The first-order chi connectivity index (χ1) is 12.5. The van der Waals surface area contributed by atoms with E-state index in [1.807, 2.05) is 12.1 Å². The van der Waals surface area contributed by atoms with E-state index in [2.05, 4.69) is 50.2 Å². The molecule has 136 valence electrons. The summed E-state index contributed by atoms with van der Waals surface area (Å²) in [6.45, 7) is 5.14. The Morgan fingerprint density at radius 3 is 2.54 bits per heavy atom. The molecule has 0 bridgehead atoms. The zero-order valence-electron chi connectivity index (χ0n) is 16.0. The fourth-order valence-corrected chi connectivity index (χ4v) is 7.12. The third-order valence-corrected chi connectivity index (χ3v) is 8.73. The van der Waals surface area contributed by atoms with Gasteiger partial charge in [0, 0.05) is 0 Å². The van der Waals surface area contributed by atoms with Gasteiger partial charge in [0.05, 0.1) is 0 Å². The van der Waals surface area contributed by atoms with Gasteiger partial charge < -0.3 is 5.11 Å². The molecule has 2 fully saturated rings. The lowest BCUT2D eigenvalue weighted by molar-refractivity contribution is 0.0176. The summed E-state index contributed by atoms with van der Waals surface area (Å²) >= 11 is 0. The molecular weight excluding hydrogens is 316 g/mol. The smallest absolute Gasteiger partial charge is 0.115 e. The topological polar surface area (TPSA) is 20.2 Å². The molecule has 3 aliphatic carbocycles. The molecule has 5 rings (SSSR count). The normalized spacial score (nSPS) is 38.3. The highest BCUT2D eigenvalue weighted by atomic mass is 16.3. The molecule has 3 aliphatic rings. The van der Waals surface area contributed by atoms with Gasteiger partial charge in [-0.2, -0.15) is 0 Å². The molecule has 2 aromatic carbocycles. The van der Waals surface area contributed by atoms with Crippen LogP contribution in [0.2, 0.25) is 0 Å². The highest BCUT2D eigenvalue weighted by Crippen LogP contribution is 2.67. The molecule has 5 atom stereocenters. The number of benzene rings is 2. The van der Waals surface area contributed by atoms with Gasteiger partial charge in [0.15, 0.2) is 0 Å². The van der Waals surface area contributed by atoms with Gasteiger partial charge in [-0.05, 0) is 95.9 Å². The van der Waals surface area contributed by atoms with Crippen molar-refractivity contribution >= 4 is 0 Å². The van der Waals surface area contributed by atoms with Gasteiger partial charge in [-0.15, -0.1) is 0 Å². The number of phenols is 1. The second-order valence-corrected chi connectivity index (χ2v) is 9.49. The SMILES string of the molecule is C[C@]12CC[C@@H]3c4ccc(O)cc4CC[C@H]3[C@@H]1CC[C@]2(C)c1ccccc1. The molecule has 2 aromatic rings. The van der Waals surface area contributed by atoms with Crippen molar-refractivity contribution in [1.82, 2.24) is 0 Å². The average molecular weight is 347 g/mol. The van der Waals surface area contributed by atoms with Crippen LogP contribution < -0.4 is 0 Å². The standard InChI is InChI=1S/C25H30O/c1-24(18-6-4-3-5-7-18)15-13-23-22-10-8-17-16-19(26)9-11-20(17)21(22)12-14-25(23,24)2/h3-7,9,11,16,21-23,26H,8,10,12-15H2,1-2H3/t21-,22-,23+,24-,25+/m1/s1. The highest BCUT2D eigenvalue weighted by molar-refractivity contribution is 5.41. The quantitative estimate of drug-likeness (QED) is 0.651. The molecule has 0 radical (unpaired) electrons. The van der Waals surface area contributed by atoms with Crippen molar-refractivity contribution in [3.8, 4) is 5.75 Å². The van der Waals surface area contributed by atoms with Crippen molar-refractivity contribution in [2.75, 3.05) is 0 Å². The maximum absolute atomic E-state index is 9.87. The first-order valence-electron chi connectivity index (χ1n) is 10.4. The minimum Gasteiger partial charge on any atom is -0.508 e. The van der Waals surface area contributed by atoms with E-state index in [-0.39, 0.29) is 0 Å². The van der Waals surface area contributed by atoms with E-state index in [1.54, 1.807) is 5.56 Å². The van der Waals surface area contributed by atoms with Crippen LogP contribution in [0.3, 0.4) is 0 Å². The Morgan fingerprint density at radius 2 is 1.73 bits per heavy atom. The molecule has 0 aromatic heterocycles. The first-order valence-corrected chi connectivity index (χ1v) is 10.4. The zero-order valence-corrected chi connectivity index (χ0v) is 16.0. The van der Waals surface area contributed by atoms with Gasteiger partial charge in [0.25, 0.3) is 0 Å². The number of hydrogen-bond acceptors (Lipinski definition) is 1. The number of fused-ring (bicyclic) bond motifs is 5. The van der Waals surface area contributed by atoms with Crippen LogP contribution in [0.25, 0.3) is 0 Å². The van der Waals surface area contributed by atoms with Crippen LogP contribution in [0.5, 0.6) is 5.75 Å². The fraction of sp³-hybridized carbons (Fsp3) is 0.520. The van der Waals surface area contributed by atoms with Gasteiger partial charge in [0.1, 0.15) is 5.75 Å². The molecule has 0 spiro atoms. The molecule has 0 heterocycles. The summed E-state index contributed by atoms with van der Waals surface area (Å²) in [7, 11) is 0. The van der Waals surface area contributed by atoms with E-state index in [4.69, 9.17) is 0 Å². The molecule has 26 heavy (non-hydrogen) atoms. The van der Waals surface area contributed by atoms with Crippen molar-refractivity contribution in [2.45, 2.75) is 63.7 Å². The molecule has 1 nitrogen and oxygen atoms in total. The van der Waals surface area contributed by atoms with Crippen molar-refractivity contribution < 1.29 is 5.11 Å². The summed E-state index contributed by atoms with van der Waals surface area (Å²) in [6, 6.07) is 17.4. The summed E-state index contributed by atoms with van der Waals surface area (Å²) in [5, 5.41) is 9.87. The van der Waals surface area contributed by atoms with Crippen molar-refractivity contribution in [1.29, 1.82) is 0 Å². The van der Waals surface area contributed by atoms with Gasteiger partial charge in [0.2, 0.25) is 0 Å². The molecule has 0 amide bonds. The van der Waals surface area contributed by atoms with E-state index in [1.165, 1.54) is 43.2 Å².